The minimum absolute atomic E-state index is 0. The van der Waals surface area contributed by atoms with Gasteiger partial charge >= 0.3 is 0 Å². The van der Waals surface area contributed by atoms with Gasteiger partial charge in [-0.25, -0.2) is 4.98 Å². The van der Waals surface area contributed by atoms with Gasteiger partial charge in [-0.05, 0) is 57.8 Å². The Hall–Kier alpha value is -1.01. The number of nitrogens with zero attached hydrogens (tertiary/aromatic N) is 3. The summed E-state index contributed by atoms with van der Waals surface area (Å²) in [7, 11) is 0. The lowest BCUT2D eigenvalue weighted by molar-refractivity contribution is 0.0621. The first-order valence-electron chi connectivity index (χ1n) is 8.72. The van der Waals surface area contributed by atoms with Crippen LogP contribution in [0.15, 0.2) is 18.5 Å². The second-order valence-corrected chi connectivity index (χ2v) is 7.72. The van der Waals surface area contributed by atoms with Crippen molar-refractivity contribution < 1.29 is 4.79 Å². The Kier molecular flexibility index (Phi) is 6.83. The van der Waals surface area contributed by atoms with Crippen LogP contribution in [0.4, 0.5) is 0 Å². The lowest BCUT2D eigenvalue weighted by atomic mass is 9.84. The van der Waals surface area contributed by atoms with E-state index in [1.165, 1.54) is 12.8 Å². The highest BCUT2D eigenvalue weighted by atomic mass is 35.5. The Bertz CT molecular complexity index is 784. The monoisotopic (exact) mass is 418 g/mol. The van der Waals surface area contributed by atoms with E-state index in [0.29, 0.717) is 16.5 Å². The standard InChI is InChI=1S/C18H23ClN4O.2ClH/c1-11(2)23-10-20-17-14(7-13(19)8-16(17)23)18(24)21-15-9-22-5-3-12(15)4-6-22;;/h7-8,10-12,15H,3-6,9H2,1-2H3,(H,21,24);2*1H/t15-;;/m0../s1. The van der Waals surface area contributed by atoms with Gasteiger partial charge in [0.05, 0.1) is 17.4 Å². The average Bonchev–Trinajstić information content (AvgIpc) is 2.99. The van der Waals surface area contributed by atoms with Gasteiger partial charge in [-0.2, -0.15) is 0 Å². The molecular weight excluding hydrogens is 395 g/mol. The Balaban J connectivity index is 0.00000121. The van der Waals surface area contributed by atoms with Crippen LogP contribution in [0.1, 0.15) is 43.1 Å². The molecule has 1 amide bonds. The molecule has 0 spiro atoms. The predicted octanol–water partition coefficient (Wildman–Crippen LogP) is 3.94. The van der Waals surface area contributed by atoms with Gasteiger partial charge in [-0.1, -0.05) is 11.6 Å². The lowest BCUT2D eigenvalue weighted by Crippen LogP contribution is -2.57. The maximum Gasteiger partial charge on any atom is 0.253 e. The van der Waals surface area contributed by atoms with Crippen molar-refractivity contribution in [1.82, 2.24) is 19.8 Å². The molecule has 1 N–H and O–H groups in total. The number of carbonyl (C=O) groups excluding carboxylic acids is 1. The highest BCUT2D eigenvalue weighted by molar-refractivity contribution is 6.32. The Morgan fingerprint density at radius 2 is 1.96 bits per heavy atom. The molecule has 144 valence electrons. The van der Waals surface area contributed by atoms with Crippen LogP contribution in [0.5, 0.6) is 0 Å². The van der Waals surface area contributed by atoms with Gasteiger partial charge in [0.2, 0.25) is 0 Å². The molecule has 3 fully saturated rings. The van der Waals surface area contributed by atoms with Gasteiger partial charge < -0.3 is 14.8 Å². The zero-order valence-corrected chi connectivity index (χ0v) is 17.3. The second kappa shape index (κ2) is 8.34. The Labute approximate surface area is 171 Å². The summed E-state index contributed by atoms with van der Waals surface area (Å²) in [5.74, 6) is 0.539. The molecule has 26 heavy (non-hydrogen) atoms. The van der Waals surface area contributed by atoms with Crippen LogP contribution in [0.2, 0.25) is 5.02 Å². The number of piperidine rings is 3. The molecule has 4 heterocycles. The maximum absolute atomic E-state index is 12.9. The van der Waals surface area contributed by atoms with Crippen molar-refractivity contribution in [2.45, 2.75) is 38.8 Å². The number of hydrogen-bond acceptors (Lipinski definition) is 3. The Morgan fingerprint density at radius 3 is 2.54 bits per heavy atom. The van der Waals surface area contributed by atoms with Crippen molar-refractivity contribution >= 4 is 53.4 Å². The number of imidazole rings is 1. The quantitative estimate of drug-likeness (QED) is 0.820. The minimum atomic E-state index is -0.0599. The summed E-state index contributed by atoms with van der Waals surface area (Å²) in [4.78, 5) is 19.8. The molecule has 5 rings (SSSR count). The number of carbonyl (C=O) groups is 1. The summed E-state index contributed by atoms with van der Waals surface area (Å²) >= 11 is 6.28. The molecule has 3 aliphatic rings. The molecular formula is C18H25Cl3N4O. The topological polar surface area (TPSA) is 50.2 Å². The van der Waals surface area contributed by atoms with Crippen LogP contribution in [0.3, 0.4) is 0 Å². The zero-order valence-electron chi connectivity index (χ0n) is 14.9. The van der Waals surface area contributed by atoms with Crippen LogP contribution in [0.25, 0.3) is 11.0 Å². The molecule has 0 radical (unpaired) electrons. The average molecular weight is 420 g/mol. The summed E-state index contributed by atoms with van der Waals surface area (Å²) in [5.41, 5.74) is 2.22. The molecule has 2 aromatic rings. The number of benzene rings is 1. The highest BCUT2D eigenvalue weighted by Crippen LogP contribution is 2.29. The molecule has 1 atom stereocenters. The van der Waals surface area contributed by atoms with Crippen molar-refractivity contribution in [3.63, 3.8) is 0 Å². The van der Waals surface area contributed by atoms with Crippen LogP contribution in [0, 0.1) is 5.92 Å². The summed E-state index contributed by atoms with van der Waals surface area (Å²) in [6.45, 7) is 7.47. The molecule has 1 aromatic heterocycles. The van der Waals surface area contributed by atoms with E-state index in [1.54, 1.807) is 12.4 Å². The van der Waals surface area contributed by atoms with E-state index in [2.05, 4.69) is 29.0 Å². The van der Waals surface area contributed by atoms with E-state index >= 15 is 0 Å². The third kappa shape index (κ3) is 3.81. The van der Waals surface area contributed by atoms with Gasteiger partial charge in [0, 0.05) is 23.7 Å². The number of rotatable bonds is 3. The van der Waals surface area contributed by atoms with Crippen molar-refractivity contribution in [1.29, 1.82) is 0 Å². The van der Waals surface area contributed by atoms with Crippen molar-refractivity contribution in [3.8, 4) is 0 Å². The van der Waals surface area contributed by atoms with Gasteiger partial charge in [0.1, 0.15) is 5.52 Å². The molecule has 0 unspecified atom stereocenters. The zero-order chi connectivity index (χ0) is 16.8. The second-order valence-electron chi connectivity index (χ2n) is 7.28. The number of nitrogens with one attached hydrogen (secondary N) is 1. The van der Waals surface area contributed by atoms with Gasteiger partial charge in [0.15, 0.2) is 0 Å². The summed E-state index contributed by atoms with van der Waals surface area (Å²) in [6, 6.07) is 4.13. The lowest BCUT2D eigenvalue weighted by Gasteiger charge is -2.44. The number of amides is 1. The third-order valence-electron chi connectivity index (χ3n) is 5.42. The first-order valence-corrected chi connectivity index (χ1v) is 9.10. The first-order chi connectivity index (χ1) is 11.5. The highest BCUT2D eigenvalue weighted by Gasteiger charge is 2.35. The van der Waals surface area contributed by atoms with Crippen LogP contribution < -0.4 is 5.32 Å². The first kappa shape index (κ1) is 21.3. The van der Waals surface area contributed by atoms with Crippen LogP contribution in [-0.2, 0) is 0 Å². The van der Waals surface area contributed by atoms with Crippen molar-refractivity contribution in [3.05, 3.63) is 29.0 Å². The molecule has 8 heteroatoms. The predicted molar refractivity (Wildman–Crippen MR) is 110 cm³/mol. The van der Waals surface area contributed by atoms with E-state index in [4.69, 9.17) is 11.6 Å². The fourth-order valence-corrected chi connectivity index (χ4v) is 4.27. The van der Waals surface area contributed by atoms with Gasteiger partial charge in [-0.3, -0.25) is 4.79 Å². The summed E-state index contributed by atoms with van der Waals surface area (Å²) in [5, 5.41) is 3.81. The molecule has 2 bridgehead atoms. The van der Waals surface area contributed by atoms with Crippen molar-refractivity contribution in [2.75, 3.05) is 19.6 Å². The van der Waals surface area contributed by atoms with E-state index in [-0.39, 0.29) is 42.8 Å². The Morgan fingerprint density at radius 1 is 1.27 bits per heavy atom. The summed E-state index contributed by atoms with van der Waals surface area (Å²) in [6.07, 6.45) is 4.15. The number of hydrogen-bond donors (Lipinski definition) is 1. The van der Waals surface area contributed by atoms with Gasteiger partial charge in [0.25, 0.3) is 5.91 Å². The molecule has 3 saturated heterocycles. The van der Waals surface area contributed by atoms with Crippen molar-refractivity contribution in [2.24, 2.45) is 5.92 Å². The number of halogens is 3. The van der Waals surface area contributed by atoms with E-state index < -0.39 is 0 Å². The molecule has 5 nitrogen and oxygen atoms in total. The fraction of sp³-hybridized carbons (Fsp3) is 0.556. The van der Waals surface area contributed by atoms with E-state index in [1.807, 2.05) is 10.6 Å². The summed E-state index contributed by atoms with van der Waals surface area (Å²) < 4.78 is 2.05. The number of fused-ring (bicyclic) bond motifs is 4. The fourth-order valence-electron chi connectivity index (χ4n) is 4.06. The SMILES string of the molecule is CC(C)n1cnc2c(C(=O)N[C@H]3CN4CCC3CC4)cc(Cl)cc21.Cl.Cl. The normalized spacial score (nSPS) is 24.2. The molecule has 3 aliphatic heterocycles. The maximum atomic E-state index is 12.9. The molecule has 0 saturated carbocycles. The smallest absolute Gasteiger partial charge is 0.253 e. The third-order valence-corrected chi connectivity index (χ3v) is 5.64. The largest absolute Gasteiger partial charge is 0.348 e. The minimum Gasteiger partial charge on any atom is -0.348 e. The number of aromatic nitrogens is 2. The van der Waals surface area contributed by atoms with E-state index in [0.717, 1.165) is 30.7 Å². The molecule has 0 aliphatic carbocycles. The van der Waals surface area contributed by atoms with Crippen LogP contribution in [-0.4, -0.2) is 46.0 Å². The van der Waals surface area contributed by atoms with E-state index in [9.17, 15) is 4.79 Å². The van der Waals surface area contributed by atoms with Gasteiger partial charge in [-0.15, -0.1) is 24.8 Å². The van der Waals surface area contributed by atoms with Crippen LogP contribution >= 0.6 is 36.4 Å². The molecule has 1 aromatic carbocycles.